The van der Waals surface area contributed by atoms with Crippen molar-refractivity contribution in [3.63, 3.8) is 0 Å². The highest BCUT2D eigenvalue weighted by Crippen LogP contribution is 2.26. The van der Waals surface area contributed by atoms with E-state index in [0.717, 1.165) is 12.8 Å². The van der Waals surface area contributed by atoms with E-state index in [1.165, 1.54) is 27.7 Å². The molecule has 0 aliphatic heterocycles. The number of fused-ring (bicyclic) bond motifs is 2. The van der Waals surface area contributed by atoms with Gasteiger partial charge in [0.1, 0.15) is 0 Å². The van der Waals surface area contributed by atoms with Gasteiger partial charge in [-0.15, -0.1) is 0 Å². The third kappa shape index (κ3) is 1.60. The summed E-state index contributed by atoms with van der Waals surface area (Å²) in [6.45, 7) is 0. The van der Waals surface area contributed by atoms with E-state index in [4.69, 9.17) is 0 Å². The van der Waals surface area contributed by atoms with Crippen molar-refractivity contribution >= 4 is 22.7 Å². The average molecular weight is 224 g/mol. The van der Waals surface area contributed by atoms with Gasteiger partial charge < -0.3 is 4.57 Å². The number of hydrogen-bond donors (Lipinski definition) is 0. The Labute approximate surface area is 101 Å². The van der Waals surface area contributed by atoms with Crippen molar-refractivity contribution in [2.45, 2.75) is 12.8 Å². The van der Waals surface area contributed by atoms with Crippen LogP contribution in [-0.4, -0.2) is 17.3 Å². The fourth-order valence-corrected chi connectivity index (χ4v) is 2.52. The van der Waals surface area contributed by atoms with E-state index in [0.29, 0.717) is 0 Å². The standard InChI is InChI=1S/C15H16N2/c1-16-14-6-4-3-5-11-10-15-12(9-13(11)14)7-8-17(15)2/h3,5,7-10H,4,6H2,1-2H3/b16-14+. The van der Waals surface area contributed by atoms with E-state index in [2.05, 4.69) is 53.2 Å². The van der Waals surface area contributed by atoms with Gasteiger partial charge in [-0.05, 0) is 36.6 Å². The summed E-state index contributed by atoms with van der Waals surface area (Å²) in [6.07, 6.45) is 8.69. The van der Waals surface area contributed by atoms with Gasteiger partial charge in [0.15, 0.2) is 0 Å². The Kier molecular flexibility index (Phi) is 2.36. The van der Waals surface area contributed by atoms with Crippen molar-refractivity contribution in [1.82, 2.24) is 4.57 Å². The maximum atomic E-state index is 4.43. The first kappa shape index (κ1) is 10.3. The highest BCUT2D eigenvalue weighted by Gasteiger charge is 2.12. The van der Waals surface area contributed by atoms with Gasteiger partial charge in [-0.1, -0.05) is 12.2 Å². The molecule has 86 valence electrons. The van der Waals surface area contributed by atoms with Crippen LogP contribution in [0.2, 0.25) is 0 Å². The minimum Gasteiger partial charge on any atom is -0.351 e. The Hall–Kier alpha value is -1.83. The zero-order valence-corrected chi connectivity index (χ0v) is 10.3. The number of rotatable bonds is 0. The molecule has 2 heteroatoms. The van der Waals surface area contributed by atoms with Gasteiger partial charge in [0.2, 0.25) is 0 Å². The van der Waals surface area contributed by atoms with Crippen molar-refractivity contribution < 1.29 is 0 Å². The van der Waals surface area contributed by atoms with Crippen LogP contribution in [0.3, 0.4) is 0 Å². The van der Waals surface area contributed by atoms with Gasteiger partial charge in [-0.3, -0.25) is 4.99 Å². The Morgan fingerprint density at radius 3 is 3.00 bits per heavy atom. The molecule has 2 aromatic rings. The Morgan fingerprint density at radius 2 is 2.18 bits per heavy atom. The first-order valence-electron chi connectivity index (χ1n) is 6.01. The molecule has 1 aliphatic rings. The number of allylic oxidation sites excluding steroid dienone is 1. The summed E-state index contributed by atoms with van der Waals surface area (Å²) in [4.78, 5) is 4.43. The number of nitrogens with zero attached hydrogens (tertiary/aromatic N) is 2. The zero-order valence-electron chi connectivity index (χ0n) is 10.3. The molecule has 0 spiro atoms. The highest BCUT2D eigenvalue weighted by molar-refractivity contribution is 6.07. The second kappa shape index (κ2) is 3.88. The van der Waals surface area contributed by atoms with Crippen LogP contribution in [0.15, 0.2) is 35.5 Å². The van der Waals surface area contributed by atoms with E-state index >= 15 is 0 Å². The predicted molar refractivity (Wildman–Crippen MR) is 73.6 cm³/mol. The van der Waals surface area contributed by atoms with Crippen molar-refractivity contribution in [2.75, 3.05) is 7.05 Å². The summed E-state index contributed by atoms with van der Waals surface area (Å²) in [5.74, 6) is 0. The lowest BCUT2D eigenvalue weighted by Crippen LogP contribution is -2.01. The second-order valence-corrected chi connectivity index (χ2v) is 4.54. The molecule has 1 aromatic carbocycles. The summed E-state index contributed by atoms with van der Waals surface area (Å²) in [7, 11) is 3.98. The minimum absolute atomic E-state index is 1.04. The van der Waals surface area contributed by atoms with E-state index in [1.54, 1.807) is 0 Å². The number of benzene rings is 1. The van der Waals surface area contributed by atoms with Gasteiger partial charge in [0.25, 0.3) is 0 Å². The lowest BCUT2D eigenvalue weighted by atomic mass is 10.0. The third-order valence-corrected chi connectivity index (χ3v) is 3.48. The molecule has 0 saturated heterocycles. The molecule has 0 N–H and O–H groups in total. The lowest BCUT2D eigenvalue weighted by molar-refractivity contribution is 0.969. The smallest absolute Gasteiger partial charge is 0.0484 e. The van der Waals surface area contributed by atoms with Crippen LogP contribution in [0.4, 0.5) is 0 Å². The van der Waals surface area contributed by atoms with E-state index in [1.807, 2.05) is 7.05 Å². The van der Waals surface area contributed by atoms with Crippen LogP contribution in [-0.2, 0) is 7.05 Å². The largest absolute Gasteiger partial charge is 0.351 e. The molecular formula is C15H16N2. The molecule has 0 amide bonds. The van der Waals surface area contributed by atoms with Crippen LogP contribution in [0.25, 0.3) is 17.0 Å². The molecule has 1 aliphatic carbocycles. The first-order chi connectivity index (χ1) is 8.29. The molecule has 0 unspecified atom stereocenters. The third-order valence-electron chi connectivity index (χ3n) is 3.48. The fourth-order valence-electron chi connectivity index (χ4n) is 2.52. The molecule has 0 atom stereocenters. The van der Waals surface area contributed by atoms with Crippen molar-refractivity contribution in [3.05, 3.63) is 41.6 Å². The molecule has 1 heterocycles. The Bertz CT molecular complexity index is 630. The highest BCUT2D eigenvalue weighted by atomic mass is 14.9. The summed E-state index contributed by atoms with van der Waals surface area (Å²) in [5.41, 5.74) is 5.08. The molecule has 2 nitrogen and oxygen atoms in total. The average Bonchev–Trinajstić information content (AvgIpc) is 2.60. The van der Waals surface area contributed by atoms with Gasteiger partial charge in [-0.2, -0.15) is 0 Å². The van der Waals surface area contributed by atoms with Crippen LogP contribution >= 0.6 is 0 Å². The second-order valence-electron chi connectivity index (χ2n) is 4.54. The zero-order chi connectivity index (χ0) is 11.8. The molecule has 1 aromatic heterocycles. The summed E-state index contributed by atoms with van der Waals surface area (Å²) >= 11 is 0. The van der Waals surface area contributed by atoms with Crippen molar-refractivity contribution in [1.29, 1.82) is 0 Å². The predicted octanol–water partition coefficient (Wildman–Crippen LogP) is 3.40. The molecule has 3 rings (SSSR count). The van der Waals surface area contributed by atoms with Gasteiger partial charge >= 0.3 is 0 Å². The number of aromatic nitrogens is 1. The molecule has 0 saturated carbocycles. The van der Waals surface area contributed by atoms with E-state index in [9.17, 15) is 0 Å². The first-order valence-corrected chi connectivity index (χ1v) is 6.01. The van der Waals surface area contributed by atoms with E-state index in [-0.39, 0.29) is 0 Å². The van der Waals surface area contributed by atoms with Gasteiger partial charge in [0, 0.05) is 42.5 Å². The normalized spacial score (nSPS) is 17.4. The van der Waals surface area contributed by atoms with Crippen LogP contribution in [0, 0.1) is 0 Å². The maximum absolute atomic E-state index is 4.43. The van der Waals surface area contributed by atoms with Gasteiger partial charge in [-0.25, -0.2) is 0 Å². The Balaban J connectivity index is 2.33. The number of hydrogen-bond acceptors (Lipinski definition) is 1. The summed E-state index contributed by atoms with van der Waals surface area (Å²) < 4.78 is 2.16. The van der Waals surface area contributed by atoms with Gasteiger partial charge in [0.05, 0.1) is 0 Å². The summed E-state index contributed by atoms with van der Waals surface area (Å²) in [5, 5.41) is 1.29. The molecular weight excluding hydrogens is 208 g/mol. The molecule has 0 fully saturated rings. The van der Waals surface area contributed by atoms with Crippen LogP contribution < -0.4 is 0 Å². The lowest BCUT2D eigenvalue weighted by Gasteiger charge is -2.08. The number of aryl methyl sites for hydroxylation is 1. The quantitative estimate of drug-likeness (QED) is 0.652. The minimum atomic E-state index is 1.04. The fraction of sp³-hybridized carbons (Fsp3) is 0.267. The topological polar surface area (TPSA) is 17.3 Å². The Morgan fingerprint density at radius 1 is 1.29 bits per heavy atom. The molecule has 0 bridgehead atoms. The summed E-state index contributed by atoms with van der Waals surface area (Å²) in [6, 6.07) is 6.69. The molecule has 0 radical (unpaired) electrons. The van der Waals surface area contributed by atoms with Crippen molar-refractivity contribution in [2.24, 2.45) is 12.0 Å². The SMILES string of the molecule is C/N=C1\CCC=Cc2cc3c(ccn3C)cc21. The van der Waals surface area contributed by atoms with Crippen molar-refractivity contribution in [3.8, 4) is 0 Å². The monoisotopic (exact) mass is 224 g/mol. The van der Waals surface area contributed by atoms with E-state index < -0.39 is 0 Å². The van der Waals surface area contributed by atoms with Crippen LogP contribution in [0.5, 0.6) is 0 Å². The maximum Gasteiger partial charge on any atom is 0.0484 e. The molecule has 17 heavy (non-hydrogen) atoms. The number of aliphatic imine (C=N–C) groups is 1. The van der Waals surface area contributed by atoms with Crippen LogP contribution in [0.1, 0.15) is 24.0 Å².